The first kappa shape index (κ1) is 23.1. The van der Waals surface area contributed by atoms with Gasteiger partial charge < -0.3 is 14.5 Å². The molecule has 5 heteroatoms. The molecule has 1 atom stereocenters. The van der Waals surface area contributed by atoms with E-state index in [-0.39, 0.29) is 23.8 Å². The van der Waals surface area contributed by atoms with Crippen molar-refractivity contribution < 1.29 is 14.3 Å². The van der Waals surface area contributed by atoms with Crippen molar-refractivity contribution in [2.75, 3.05) is 26.7 Å². The van der Waals surface area contributed by atoms with Crippen LogP contribution in [0.2, 0.25) is 0 Å². The van der Waals surface area contributed by atoms with Crippen LogP contribution in [0.1, 0.15) is 55.7 Å². The second-order valence-electron chi connectivity index (χ2n) is 9.01. The first-order valence-corrected chi connectivity index (χ1v) is 12.1. The average molecular weight is 447 g/mol. The largest absolute Gasteiger partial charge is 0.497 e. The standard InChI is InChI=1S/C28H34N2O3/c1-33-25-14-12-23(13-15-25)26-10-6-3-7-19-30(26)28(32)24-17-20-29(21-18-24)27(31)16-11-22-8-4-2-5-9-22/h2,4-5,8-9,11-16,24,26H,3,6-7,10,17-21H2,1H3/b16-11+. The normalized spacial score (nSPS) is 20.0. The minimum Gasteiger partial charge on any atom is -0.497 e. The Bertz CT molecular complexity index is 947. The van der Waals surface area contributed by atoms with Gasteiger partial charge in [-0.25, -0.2) is 0 Å². The molecule has 5 nitrogen and oxygen atoms in total. The Labute approximate surface area is 197 Å². The van der Waals surface area contributed by atoms with Crippen LogP contribution in [-0.4, -0.2) is 48.4 Å². The van der Waals surface area contributed by atoms with Crippen LogP contribution in [0.25, 0.3) is 6.08 Å². The number of rotatable bonds is 5. The molecule has 2 aromatic carbocycles. The second-order valence-corrected chi connectivity index (χ2v) is 9.01. The van der Waals surface area contributed by atoms with Crippen molar-refractivity contribution in [3.8, 4) is 5.75 Å². The molecule has 2 fully saturated rings. The molecule has 4 rings (SSSR count). The van der Waals surface area contributed by atoms with Gasteiger partial charge in [0.2, 0.25) is 11.8 Å². The quantitative estimate of drug-likeness (QED) is 0.601. The summed E-state index contributed by atoms with van der Waals surface area (Å²) in [7, 11) is 1.67. The Morgan fingerprint density at radius 3 is 2.30 bits per heavy atom. The van der Waals surface area contributed by atoms with Gasteiger partial charge in [-0.1, -0.05) is 55.3 Å². The topological polar surface area (TPSA) is 49.9 Å². The van der Waals surface area contributed by atoms with Crippen molar-refractivity contribution in [2.24, 2.45) is 5.92 Å². The number of carbonyl (C=O) groups is 2. The minimum atomic E-state index is -0.00833. The summed E-state index contributed by atoms with van der Waals surface area (Å²) in [5, 5.41) is 0. The van der Waals surface area contributed by atoms with Gasteiger partial charge in [-0.2, -0.15) is 0 Å². The summed E-state index contributed by atoms with van der Waals surface area (Å²) in [6.45, 7) is 2.08. The van der Waals surface area contributed by atoms with Crippen LogP contribution in [0.5, 0.6) is 5.75 Å². The van der Waals surface area contributed by atoms with Crippen molar-refractivity contribution >= 4 is 17.9 Å². The zero-order chi connectivity index (χ0) is 23.0. The van der Waals surface area contributed by atoms with Gasteiger partial charge in [0.1, 0.15) is 5.75 Å². The van der Waals surface area contributed by atoms with Crippen molar-refractivity contribution in [1.82, 2.24) is 9.80 Å². The van der Waals surface area contributed by atoms with Crippen molar-refractivity contribution in [2.45, 2.75) is 44.6 Å². The zero-order valence-electron chi connectivity index (χ0n) is 19.5. The molecule has 0 radical (unpaired) electrons. The van der Waals surface area contributed by atoms with Gasteiger partial charge in [0, 0.05) is 31.6 Å². The van der Waals surface area contributed by atoms with Gasteiger partial charge in [0.15, 0.2) is 0 Å². The first-order chi connectivity index (χ1) is 16.2. The predicted octanol–water partition coefficient (Wildman–Crippen LogP) is 5.09. The van der Waals surface area contributed by atoms with Gasteiger partial charge in [-0.15, -0.1) is 0 Å². The summed E-state index contributed by atoms with van der Waals surface area (Å²) in [5.41, 5.74) is 2.20. The van der Waals surface area contributed by atoms with Crippen LogP contribution < -0.4 is 4.74 Å². The van der Waals surface area contributed by atoms with Gasteiger partial charge in [0.05, 0.1) is 13.2 Å². The summed E-state index contributed by atoms with van der Waals surface area (Å²) in [6.07, 6.45) is 9.32. The number of likely N-dealkylation sites (tertiary alicyclic amines) is 2. The lowest BCUT2D eigenvalue weighted by Crippen LogP contribution is -2.45. The van der Waals surface area contributed by atoms with E-state index in [1.807, 2.05) is 53.4 Å². The van der Waals surface area contributed by atoms with E-state index in [0.29, 0.717) is 13.1 Å². The number of hydrogen-bond donors (Lipinski definition) is 0. The van der Waals surface area contributed by atoms with Gasteiger partial charge in [-0.3, -0.25) is 9.59 Å². The Kier molecular flexibility index (Phi) is 7.82. The molecule has 0 saturated carbocycles. The van der Waals surface area contributed by atoms with Crippen LogP contribution in [0, 0.1) is 5.92 Å². The lowest BCUT2D eigenvalue weighted by atomic mass is 9.93. The highest BCUT2D eigenvalue weighted by atomic mass is 16.5. The van der Waals surface area contributed by atoms with Crippen molar-refractivity contribution in [3.05, 3.63) is 71.8 Å². The summed E-state index contributed by atoms with van der Waals surface area (Å²) < 4.78 is 5.30. The Morgan fingerprint density at radius 1 is 0.879 bits per heavy atom. The number of benzene rings is 2. The SMILES string of the molecule is COc1ccc(C2CCCCCN2C(=O)C2CCN(C(=O)/C=C/c3ccccc3)CC2)cc1. The fraction of sp³-hybridized carbons (Fsp3) is 0.429. The van der Waals surface area contributed by atoms with E-state index in [4.69, 9.17) is 4.74 Å². The van der Waals surface area contributed by atoms with Crippen LogP contribution in [0.15, 0.2) is 60.7 Å². The van der Waals surface area contributed by atoms with E-state index < -0.39 is 0 Å². The molecule has 2 aliphatic rings. The van der Waals surface area contributed by atoms with Gasteiger partial charge in [0.25, 0.3) is 0 Å². The van der Waals surface area contributed by atoms with E-state index in [1.165, 1.54) is 5.56 Å². The van der Waals surface area contributed by atoms with Gasteiger partial charge in [-0.05, 0) is 55.0 Å². The summed E-state index contributed by atoms with van der Waals surface area (Å²) in [6, 6.07) is 18.1. The fourth-order valence-electron chi connectivity index (χ4n) is 4.96. The fourth-order valence-corrected chi connectivity index (χ4v) is 4.96. The Hall–Kier alpha value is -3.08. The average Bonchev–Trinajstić information content (AvgIpc) is 3.14. The molecule has 0 spiro atoms. The number of ether oxygens (including phenoxy) is 1. The molecule has 2 heterocycles. The van der Waals surface area contributed by atoms with Crippen LogP contribution >= 0.6 is 0 Å². The maximum absolute atomic E-state index is 13.6. The highest BCUT2D eigenvalue weighted by molar-refractivity contribution is 5.92. The number of amides is 2. The van der Waals surface area contributed by atoms with Crippen LogP contribution in [0.3, 0.4) is 0 Å². The summed E-state index contributed by atoms with van der Waals surface area (Å²) in [4.78, 5) is 30.2. The summed E-state index contributed by atoms with van der Waals surface area (Å²) >= 11 is 0. The van der Waals surface area contributed by atoms with E-state index >= 15 is 0 Å². The lowest BCUT2D eigenvalue weighted by Gasteiger charge is -2.37. The Morgan fingerprint density at radius 2 is 1.61 bits per heavy atom. The number of methoxy groups -OCH3 is 1. The van der Waals surface area contributed by atoms with E-state index in [0.717, 1.165) is 56.4 Å². The number of piperidine rings is 1. The number of nitrogens with zero attached hydrogens (tertiary/aromatic N) is 2. The molecule has 2 saturated heterocycles. The number of carbonyl (C=O) groups excluding carboxylic acids is 2. The smallest absolute Gasteiger partial charge is 0.246 e. The number of hydrogen-bond acceptors (Lipinski definition) is 3. The highest BCUT2D eigenvalue weighted by Gasteiger charge is 2.34. The molecular formula is C28H34N2O3. The second kappa shape index (κ2) is 11.2. The molecule has 0 bridgehead atoms. The molecular weight excluding hydrogens is 412 g/mol. The molecule has 0 aliphatic carbocycles. The van der Waals surface area contributed by atoms with Gasteiger partial charge >= 0.3 is 0 Å². The molecule has 0 N–H and O–H groups in total. The molecule has 2 aliphatic heterocycles. The highest BCUT2D eigenvalue weighted by Crippen LogP contribution is 2.33. The van der Waals surface area contributed by atoms with E-state index in [2.05, 4.69) is 17.0 Å². The molecule has 0 aromatic heterocycles. The third kappa shape index (κ3) is 5.84. The molecule has 1 unspecified atom stereocenters. The molecule has 174 valence electrons. The zero-order valence-corrected chi connectivity index (χ0v) is 19.5. The monoisotopic (exact) mass is 446 g/mol. The maximum Gasteiger partial charge on any atom is 0.246 e. The van der Waals surface area contributed by atoms with Crippen LogP contribution in [-0.2, 0) is 9.59 Å². The Balaban J connectivity index is 1.37. The third-order valence-electron chi connectivity index (χ3n) is 6.91. The third-order valence-corrected chi connectivity index (χ3v) is 6.91. The lowest BCUT2D eigenvalue weighted by molar-refractivity contribution is -0.141. The van der Waals surface area contributed by atoms with E-state index in [1.54, 1.807) is 13.2 Å². The molecule has 2 aromatic rings. The molecule has 2 amide bonds. The predicted molar refractivity (Wildman–Crippen MR) is 131 cm³/mol. The van der Waals surface area contributed by atoms with E-state index in [9.17, 15) is 9.59 Å². The van der Waals surface area contributed by atoms with Crippen molar-refractivity contribution in [3.63, 3.8) is 0 Å². The molecule has 33 heavy (non-hydrogen) atoms. The first-order valence-electron chi connectivity index (χ1n) is 12.1. The van der Waals surface area contributed by atoms with Crippen LogP contribution in [0.4, 0.5) is 0 Å². The maximum atomic E-state index is 13.6. The van der Waals surface area contributed by atoms with Crippen molar-refractivity contribution in [1.29, 1.82) is 0 Å². The summed E-state index contributed by atoms with van der Waals surface area (Å²) in [5.74, 6) is 1.11. The minimum absolute atomic E-state index is 0.00833.